The van der Waals surface area contributed by atoms with Crippen molar-refractivity contribution in [2.45, 2.75) is 26.2 Å². The van der Waals surface area contributed by atoms with E-state index in [9.17, 15) is 0 Å². The molecule has 21 heavy (non-hydrogen) atoms. The maximum atomic E-state index is 6.03. The quantitative estimate of drug-likeness (QED) is 0.902. The van der Waals surface area contributed by atoms with Crippen molar-refractivity contribution >= 4 is 27.4 Å². The summed E-state index contributed by atoms with van der Waals surface area (Å²) in [7, 11) is 2.12. The summed E-state index contributed by atoms with van der Waals surface area (Å²) in [5, 5.41) is 0. The average Bonchev–Trinajstić information content (AvgIpc) is 2.82. The highest BCUT2D eigenvalue weighted by Crippen LogP contribution is 2.33. The Morgan fingerprint density at radius 3 is 2.76 bits per heavy atom. The van der Waals surface area contributed by atoms with Crippen LogP contribution in [-0.4, -0.2) is 23.6 Å². The van der Waals surface area contributed by atoms with Crippen molar-refractivity contribution < 1.29 is 0 Å². The molecule has 1 aliphatic rings. The zero-order valence-corrected chi connectivity index (χ0v) is 14.1. The summed E-state index contributed by atoms with van der Waals surface area (Å²) >= 11 is 3.49. The minimum Gasteiger partial charge on any atom is -0.383 e. The van der Waals surface area contributed by atoms with Crippen molar-refractivity contribution in [2.24, 2.45) is 0 Å². The third-order valence-electron chi connectivity index (χ3n) is 3.91. The van der Waals surface area contributed by atoms with E-state index in [0.717, 1.165) is 28.7 Å². The number of anilines is 2. The topological polar surface area (TPSA) is 55.0 Å². The Hall–Kier alpha value is -1.62. The van der Waals surface area contributed by atoms with Crippen LogP contribution in [0.1, 0.15) is 31.0 Å². The minimum absolute atomic E-state index is 0.295. The molecule has 1 aromatic carbocycles. The molecule has 2 aromatic rings. The first-order valence-electron chi connectivity index (χ1n) is 7.14. The Kier molecular flexibility index (Phi) is 3.61. The Morgan fingerprint density at radius 2 is 2.05 bits per heavy atom. The van der Waals surface area contributed by atoms with Gasteiger partial charge in [-0.2, -0.15) is 0 Å². The van der Waals surface area contributed by atoms with Crippen LogP contribution in [0.5, 0.6) is 0 Å². The van der Waals surface area contributed by atoms with Crippen LogP contribution in [0.15, 0.2) is 22.7 Å². The van der Waals surface area contributed by atoms with Gasteiger partial charge in [0.25, 0.3) is 0 Å². The number of nitrogens with zero attached hydrogens (tertiary/aromatic N) is 3. The molecule has 4 nitrogen and oxygen atoms in total. The van der Waals surface area contributed by atoms with Gasteiger partial charge in [-0.25, -0.2) is 9.97 Å². The molecule has 3 rings (SSSR count). The zero-order chi connectivity index (χ0) is 15.1. The van der Waals surface area contributed by atoms with Crippen molar-refractivity contribution in [2.75, 3.05) is 24.2 Å². The van der Waals surface area contributed by atoms with E-state index in [1.54, 1.807) is 0 Å². The van der Waals surface area contributed by atoms with E-state index in [4.69, 9.17) is 10.7 Å². The van der Waals surface area contributed by atoms with Crippen LogP contribution < -0.4 is 10.6 Å². The molecule has 0 spiro atoms. The molecule has 0 unspecified atom stereocenters. The van der Waals surface area contributed by atoms with Crippen molar-refractivity contribution in [3.8, 4) is 11.4 Å². The Labute approximate surface area is 133 Å². The summed E-state index contributed by atoms with van der Waals surface area (Å²) in [6.07, 6.45) is 1.07. The van der Waals surface area contributed by atoms with Gasteiger partial charge in [0.05, 0.1) is 10.2 Å². The molecular formula is C16H19BrN4. The monoisotopic (exact) mass is 346 g/mol. The zero-order valence-electron chi connectivity index (χ0n) is 12.5. The number of rotatable bonds is 2. The first-order valence-corrected chi connectivity index (χ1v) is 7.94. The summed E-state index contributed by atoms with van der Waals surface area (Å²) in [4.78, 5) is 11.4. The van der Waals surface area contributed by atoms with E-state index in [2.05, 4.69) is 64.9 Å². The van der Waals surface area contributed by atoms with Crippen LogP contribution in [0.4, 0.5) is 11.5 Å². The molecular weight excluding hydrogens is 328 g/mol. The third-order valence-corrected chi connectivity index (χ3v) is 4.73. The maximum absolute atomic E-state index is 6.03. The number of nitrogen functional groups attached to an aromatic ring is 1. The van der Waals surface area contributed by atoms with Gasteiger partial charge < -0.3 is 10.6 Å². The second kappa shape index (κ2) is 5.30. The van der Waals surface area contributed by atoms with Gasteiger partial charge >= 0.3 is 0 Å². The van der Waals surface area contributed by atoms with E-state index in [1.807, 2.05) is 0 Å². The van der Waals surface area contributed by atoms with Crippen molar-refractivity contribution in [3.05, 3.63) is 33.9 Å². The molecule has 0 radical (unpaired) electrons. The van der Waals surface area contributed by atoms with Gasteiger partial charge in [0, 0.05) is 24.8 Å². The molecule has 0 amide bonds. The number of fused-ring (bicyclic) bond motifs is 1. The van der Waals surface area contributed by atoms with Crippen molar-refractivity contribution in [3.63, 3.8) is 0 Å². The number of hydrogen-bond donors (Lipinski definition) is 1. The number of halogens is 1. The van der Waals surface area contributed by atoms with E-state index in [0.29, 0.717) is 17.6 Å². The summed E-state index contributed by atoms with van der Waals surface area (Å²) < 4.78 is 0.808. The molecule has 5 heteroatoms. The predicted octanol–water partition coefficient (Wildman–Crippen LogP) is 3.60. The predicted molar refractivity (Wildman–Crippen MR) is 90.6 cm³/mol. The standard InChI is InChI=1S/C16H19BrN4/c1-9(2)14-13(17)15(18)20-16(19-14)11-4-5-12-10(8-11)6-7-21(12)3/h4-5,8-9H,6-7H2,1-3H3,(H2,18,19,20). The molecule has 1 aliphatic heterocycles. The fourth-order valence-electron chi connectivity index (χ4n) is 2.70. The van der Waals surface area contributed by atoms with Crippen LogP contribution in [0.25, 0.3) is 11.4 Å². The average molecular weight is 347 g/mol. The van der Waals surface area contributed by atoms with E-state index >= 15 is 0 Å². The second-order valence-corrected chi connectivity index (χ2v) is 6.59. The smallest absolute Gasteiger partial charge is 0.161 e. The Balaban J connectivity index is 2.09. The highest BCUT2D eigenvalue weighted by molar-refractivity contribution is 9.10. The fourth-order valence-corrected chi connectivity index (χ4v) is 3.34. The number of nitrogens with two attached hydrogens (primary N) is 1. The number of aromatic nitrogens is 2. The van der Waals surface area contributed by atoms with Crippen LogP contribution in [0.2, 0.25) is 0 Å². The molecule has 2 heterocycles. The van der Waals surface area contributed by atoms with Gasteiger partial charge in [0.2, 0.25) is 0 Å². The summed E-state index contributed by atoms with van der Waals surface area (Å²) in [5.41, 5.74) is 10.7. The molecule has 0 fully saturated rings. The molecule has 0 aliphatic carbocycles. The second-order valence-electron chi connectivity index (χ2n) is 5.80. The van der Waals surface area contributed by atoms with Gasteiger partial charge in [0.1, 0.15) is 5.82 Å². The minimum atomic E-state index is 0.295. The van der Waals surface area contributed by atoms with Crippen molar-refractivity contribution in [1.82, 2.24) is 9.97 Å². The molecule has 2 N–H and O–H groups in total. The van der Waals surface area contributed by atoms with Crippen LogP contribution >= 0.6 is 15.9 Å². The number of benzene rings is 1. The van der Waals surface area contributed by atoms with Gasteiger partial charge in [-0.05, 0) is 52.0 Å². The molecule has 0 saturated carbocycles. The van der Waals surface area contributed by atoms with E-state index < -0.39 is 0 Å². The Morgan fingerprint density at radius 1 is 1.29 bits per heavy atom. The summed E-state index contributed by atoms with van der Waals surface area (Å²) in [5.74, 6) is 1.50. The molecule has 0 atom stereocenters. The molecule has 0 saturated heterocycles. The van der Waals surface area contributed by atoms with Crippen LogP contribution in [0.3, 0.4) is 0 Å². The van der Waals surface area contributed by atoms with E-state index in [1.165, 1.54) is 11.3 Å². The summed E-state index contributed by atoms with van der Waals surface area (Å²) in [6.45, 7) is 5.28. The van der Waals surface area contributed by atoms with Crippen molar-refractivity contribution in [1.29, 1.82) is 0 Å². The number of likely N-dealkylation sites (N-methyl/N-ethyl adjacent to an activating group) is 1. The maximum Gasteiger partial charge on any atom is 0.161 e. The van der Waals surface area contributed by atoms with Gasteiger partial charge in [-0.1, -0.05) is 13.8 Å². The first-order chi connectivity index (χ1) is 9.97. The highest BCUT2D eigenvalue weighted by atomic mass is 79.9. The van der Waals surface area contributed by atoms with Gasteiger partial charge in [-0.15, -0.1) is 0 Å². The SMILES string of the molecule is CC(C)c1nc(-c2ccc3c(c2)CCN3C)nc(N)c1Br. The van der Waals surface area contributed by atoms with Gasteiger partial charge in [0.15, 0.2) is 5.82 Å². The largest absolute Gasteiger partial charge is 0.383 e. The van der Waals surface area contributed by atoms with Crippen LogP contribution in [0, 0.1) is 0 Å². The lowest BCUT2D eigenvalue weighted by atomic mass is 10.1. The normalized spacial score (nSPS) is 13.9. The molecule has 1 aromatic heterocycles. The molecule has 110 valence electrons. The van der Waals surface area contributed by atoms with Gasteiger partial charge in [-0.3, -0.25) is 0 Å². The highest BCUT2D eigenvalue weighted by Gasteiger charge is 2.18. The number of hydrogen-bond acceptors (Lipinski definition) is 4. The van der Waals surface area contributed by atoms with Crippen LogP contribution in [-0.2, 0) is 6.42 Å². The first kappa shape index (κ1) is 14.3. The Bertz CT molecular complexity index is 697. The fraction of sp³-hybridized carbons (Fsp3) is 0.375. The third kappa shape index (κ3) is 2.50. The van der Waals surface area contributed by atoms with E-state index in [-0.39, 0.29) is 0 Å². The lowest BCUT2D eigenvalue weighted by Gasteiger charge is -2.14. The lowest BCUT2D eigenvalue weighted by molar-refractivity contribution is 0.811. The lowest BCUT2D eigenvalue weighted by Crippen LogP contribution is -2.12. The summed E-state index contributed by atoms with van der Waals surface area (Å²) in [6, 6.07) is 6.41. The molecule has 0 bridgehead atoms.